The molecular formula is C26H26F2N2O3. The predicted molar refractivity (Wildman–Crippen MR) is 122 cm³/mol. The number of pyridine rings is 1. The van der Waals surface area contributed by atoms with Gasteiger partial charge in [-0.3, -0.25) is 9.59 Å². The summed E-state index contributed by atoms with van der Waals surface area (Å²) in [6.45, 7) is -0.865. The van der Waals surface area contributed by atoms with Gasteiger partial charge in [0.05, 0.1) is 11.3 Å². The van der Waals surface area contributed by atoms with Crippen LogP contribution in [0.1, 0.15) is 53.1 Å². The van der Waals surface area contributed by atoms with E-state index >= 15 is 0 Å². The Labute approximate surface area is 190 Å². The summed E-state index contributed by atoms with van der Waals surface area (Å²) < 4.78 is 28.2. The highest BCUT2D eigenvalue weighted by Crippen LogP contribution is 2.33. The lowest BCUT2D eigenvalue weighted by molar-refractivity contribution is 0.0922. The highest BCUT2D eigenvalue weighted by molar-refractivity contribution is 5.97. The molecule has 0 aliphatic heterocycles. The van der Waals surface area contributed by atoms with Crippen molar-refractivity contribution in [1.29, 1.82) is 0 Å². The average Bonchev–Trinajstić information content (AvgIpc) is 2.83. The number of hydrogen-bond donors (Lipinski definition) is 2. The van der Waals surface area contributed by atoms with E-state index in [9.17, 15) is 23.5 Å². The van der Waals surface area contributed by atoms with Crippen LogP contribution in [0.5, 0.6) is 5.75 Å². The Morgan fingerprint density at radius 3 is 2.45 bits per heavy atom. The summed E-state index contributed by atoms with van der Waals surface area (Å²) in [5.74, 6) is -1.43. The minimum absolute atomic E-state index is 0.0725. The van der Waals surface area contributed by atoms with E-state index in [1.165, 1.54) is 24.7 Å². The summed E-state index contributed by atoms with van der Waals surface area (Å²) in [5.41, 5.74) is 0.913. The van der Waals surface area contributed by atoms with E-state index in [4.69, 9.17) is 0 Å². The number of aromatic hydroxyl groups is 1. The molecule has 5 nitrogen and oxygen atoms in total. The molecule has 2 N–H and O–H groups in total. The van der Waals surface area contributed by atoms with Gasteiger partial charge < -0.3 is 15.0 Å². The van der Waals surface area contributed by atoms with Crippen molar-refractivity contribution in [1.82, 2.24) is 9.88 Å². The molecule has 0 radical (unpaired) electrons. The lowest BCUT2D eigenvalue weighted by atomic mass is 9.81. The number of hydrogen-bond acceptors (Lipinski definition) is 3. The summed E-state index contributed by atoms with van der Waals surface area (Å²) in [5, 5.41) is 13.3. The van der Waals surface area contributed by atoms with Crippen LogP contribution in [0.15, 0.2) is 59.4 Å². The topological polar surface area (TPSA) is 71.3 Å². The molecule has 0 atom stereocenters. The number of carbonyl (C=O) groups excluding carboxylic acids is 1. The van der Waals surface area contributed by atoms with E-state index < -0.39 is 29.7 Å². The van der Waals surface area contributed by atoms with Crippen LogP contribution in [0.25, 0.3) is 11.3 Å². The molecule has 3 aromatic rings. The standard InChI is InChI=1S/C26H26F2N2O3/c1-30-23(19-11-16(15-27)12-20(28)13-19)14-22(24(31)26(30)33)25(32)29-21-9-7-18(8-10-21)17-5-3-2-4-6-17/h2-6,11-14,18,21,31H,7-10,15H2,1H3,(H,29,32). The first-order valence-electron chi connectivity index (χ1n) is 11.0. The van der Waals surface area contributed by atoms with E-state index in [2.05, 4.69) is 17.4 Å². The van der Waals surface area contributed by atoms with Gasteiger partial charge in [0.15, 0.2) is 5.75 Å². The van der Waals surface area contributed by atoms with E-state index in [0.29, 0.717) is 5.92 Å². The zero-order chi connectivity index (χ0) is 23.5. The van der Waals surface area contributed by atoms with Gasteiger partial charge >= 0.3 is 0 Å². The second-order valence-corrected chi connectivity index (χ2v) is 8.57. The number of nitrogens with one attached hydrogen (secondary N) is 1. The van der Waals surface area contributed by atoms with Crippen molar-refractivity contribution in [3.63, 3.8) is 0 Å². The van der Waals surface area contributed by atoms with Gasteiger partial charge in [0.2, 0.25) is 0 Å². The van der Waals surface area contributed by atoms with E-state index in [1.807, 2.05) is 18.2 Å². The minimum atomic E-state index is -0.865. The summed E-state index contributed by atoms with van der Waals surface area (Å²) in [6, 6.07) is 15.2. The zero-order valence-electron chi connectivity index (χ0n) is 18.4. The van der Waals surface area contributed by atoms with E-state index in [0.717, 1.165) is 42.4 Å². The molecule has 1 saturated carbocycles. The van der Waals surface area contributed by atoms with Crippen LogP contribution >= 0.6 is 0 Å². The van der Waals surface area contributed by atoms with Crippen LogP contribution in [0.3, 0.4) is 0 Å². The van der Waals surface area contributed by atoms with Crippen LogP contribution in [0.2, 0.25) is 0 Å². The van der Waals surface area contributed by atoms with Gasteiger partial charge in [0.25, 0.3) is 11.5 Å². The number of amides is 1. The van der Waals surface area contributed by atoms with Crippen LogP contribution in [0.4, 0.5) is 8.78 Å². The van der Waals surface area contributed by atoms with Crippen molar-refractivity contribution >= 4 is 5.91 Å². The third-order valence-corrected chi connectivity index (χ3v) is 6.39. The highest BCUT2D eigenvalue weighted by atomic mass is 19.1. The zero-order valence-corrected chi connectivity index (χ0v) is 18.4. The Balaban J connectivity index is 1.55. The van der Waals surface area contributed by atoms with Gasteiger partial charge in [-0.1, -0.05) is 30.3 Å². The molecule has 0 bridgehead atoms. The maximum atomic E-state index is 14.0. The Kier molecular flexibility index (Phi) is 6.58. The second-order valence-electron chi connectivity index (χ2n) is 8.57. The molecule has 1 amide bonds. The van der Waals surface area contributed by atoms with Gasteiger partial charge in [-0.2, -0.15) is 0 Å². The number of benzene rings is 2. The lowest BCUT2D eigenvalue weighted by Gasteiger charge is -2.29. The summed E-state index contributed by atoms with van der Waals surface area (Å²) in [7, 11) is 1.41. The molecule has 2 aromatic carbocycles. The average molecular weight is 453 g/mol. The molecule has 0 saturated heterocycles. The maximum absolute atomic E-state index is 14.0. The molecule has 4 rings (SSSR count). The van der Waals surface area contributed by atoms with Gasteiger partial charge in [-0.25, -0.2) is 8.78 Å². The maximum Gasteiger partial charge on any atom is 0.293 e. The molecule has 1 aliphatic carbocycles. The molecule has 1 heterocycles. The van der Waals surface area contributed by atoms with Crippen molar-refractivity contribution in [2.75, 3.05) is 0 Å². The molecule has 172 valence electrons. The first-order valence-corrected chi connectivity index (χ1v) is 11.0. The van der Waals surface area contributed by atoms with Crippen molar-refractivity contribution < 1.29 is 18.7 Å². The van der Waals surface area contributed by atoms with Gasteiger partial charge in [-0.15, -0.1) is 0 Å². The third-order valence-electron chi connectivity index (χ3n) is 6.39. The van der Waals surface area contributed by atoms with Crippen LogP contribution < -0.4 is 10.9 Å². The van der Waals surface area contributed by atoms with Crippen LogP contribution in [-0.4, -0.2) is 21.6 Å². The fraction of sp³-hybridized carbons (Fsp3) is 0.308. The van der Waals surface area contributed by atoms with Crippen molar-refractivity contribution in [2.24, 2.45) is 7.05 Å². The SMILES string of the molecule is Cn1c(-c2cc(F)cc(CF)c2)cc(C(=O)NC2CCC(c3ccccc3)CC2)c(O)c1=O. The van der Waals surface area contributed by atoms with Gasteiger partial charge in [0.1, 0.15) is 12.5 Å². The summed E-state index contributed by atoms with van der Waals surface area (Å²) >= 11 is 0. The second kappa shape index (κ2) is 9.57. The molecule has 0 unspecified atom stereocenters. The number of alkyl halides is 1. The van der Waals surface area contributed by atoms with Gasteiger partial charge in [-0.05, 0) is 67.0 Å². The molecule has 0 spiro atoms. The molecule has 1 aromatic heterocycles. The Bertz CT molecular complexity index is 1220. The quantitative estimate of drug-likeness (QED) is 0.583. The van der Waals surface area contributed by atoms with Crippen molar-refractivity contribution in [3.05, 3.63) is 87.5 Å². The van der Waals surface area contributed by atoms with E-state index in [1.54, 1.807) is 0 Å². The molecule has 1 aliphatic rings. The number of halogens is 2. The Morgan fingerprint density at radius 2 is 1.79 bits per heavy atom. The Morgan fingerprint density at radius 1 is 1.09 bits per heavy atom. The first-order chi connectivity index (χ1) is 15.9. The predicted octanol–water partition coefficient (Wildman–Crippen LogP) is 4.82. The monoisotopic (exact) mass is 452 g/mol. The largest absolute Gasteiger partial charge is 0.502 e. The Hall–Kier alpha value is -3.48. The number of carbonyl (C=O) groups is 1. The van der Waals surface area contributed by atoms with E-state index in [-0.39, 0.29) is 28.4 Å². The number of aromatic nitrogens is 1. The fourth-order valence-corrected chi connectivity index (χ4v) is 4.57. The smallest absolute Gasteiger partial charge is 0.293 e. The van der Waals surface area contributed by atoms with Crippen molar-refractivity contribution in [3.8, 4) is 17.0 Å². The molecule has 7 heteroatoms. The molecule has 1 fully saturated rings. The lowest BCUT2D eigenvalue weighted by Crippen LogP contribution is -2.38. The van der Waals surface area contributed by atoms with Crippen LogP contribution in [-0.2, 0) is 13.7 Å². The van der Waals surface area contributed by atoms with Gasteiger partial charge in [0, 0.05) is 18.7 Å². The first kappa shape index (κ1) is 22.7. The fourth-order valence-electron chi connectivity index (χ4n) is 4.57. The number of rotatable bonds is 5. The third kappa shape index (κ3) is 4.82. The van der Waals surface area contributed by atoms with Crippen LogP contribution in [0, 0.1) is 5.82 Å². The summed E-state index contributed by atoms with van der Waals surface area (Å²) in [4.78, 5) is 25.6. The normalized spacial score (nSPS) is 18.2. The highest BCUT2D eigenvalue weighted by Gasteiger charge is 2.26. The molecular weight excluding hydrogens is 426 g/mol. The molecule has 33 heavy (non-hydrogen) atoms. The summed E-state index contributed by atoms with van der Waals surface area (Å²) in [6.07, 6.45) is 3.43. The number of nitrogens with zero attached hydrogens (tertiary/aromatic N) is 1. The minimum Gasteiger partial charge on any atom is -0.502 e. The van der Waals surface area contributed by atoms with Crippen molar-refractivity contribution in [2.45, 2.75) is 44.3 Å².